The van der Waals surface area contributed by atoms with Crippen molar-refractivity contribution in [1.29, 1.82) is 0 Å². The molecular formula is C32H32ClN3O4S. The molecule has 2 amide bonds. The smallest absolute Gasteiger partial charge is 0.264 e. The van der Waals surface area contributed by atoms with Crippen molar-refractivity contribution in [2.24, 2.45) is 0 Å². The van der Waals surface area contributed by atoms with Crippen LogP contribution in [0.15, 0.2) is 114 Å². The van der Waals surface area contributed by atoms with Gasteiger partial charge in [0.05, 0.1) is 10.6 Å². The molecule has 0 spiro atoms. The number of aryl methyl sites for hydroxylation is 1. The fourth-order valence-corrected chi connectivity index (χ4v) is 6.22. The standard InChI is InChI=1S/C32H32ClN3O4S/c1-24-11-9-14-26(19-24)22-35(30(32(38)34-2)20-25-12-5-3-6-13-25)31(37)23-36(28-16-10-15-27(33)21-28)41(39,40)29-17-7-4-8-18-29/h3-19,21,30H,20,22-23H2,1-2H3,(H,34,38). The maximum Gasteiger partial charge on any atom is 0.264 e. The number of nitrogens with zero attached hydrogens (tertiary/aromatic N) is 2. The zero-order valence-corrected chi connectivity index (χ0v) is 24.5. The highest BCUT2D eigenvalue weighted by molar-refractivity contribution is 7.92. The van der Waals surface area contributed by atoms with E-state index in [2.05, 4.69) is 5.32 Å². The van der Waals surface area contributed by atoms with Crippen molar-refractivity contribution < 1.29 is 18.0 Å². The van der Waals surface area contributed by atoms with E-state index in [4.69, 9.17) is 11.6 Å². The second-order valence-corrected chi connectivity index (χ2v) is 11.9. The van der Waals surface area contributed by atoms with E-state index >= 15 is 0 Å². The van der Waals surface area contributed by atoms with Gasteiger partial charge in [0.25, 0.3) is 10.0 Å². The van der Waals surface area contributed by atoms with Gasteiger partial charge in [-0.1, -0.05) is 96.0 Å². The SMILES string of the molecule is CNC(=O)C(Cc1ccccc1)N(Cc1cccc(C)c1)C(=O)CN(c1cccc(Cl)c1)S(=O)(=O)c1ccccc1. The normalized spacial score (nSPS) is 11.9. The molecule has 4 rings (SSSR count). The van der Waals surface area contributed by atoms with Crippen LogP contribution < -0.4 is 9.62 Å². The first-order chi connectivity index (χ1) is 19.7. The minimum atomic E-state index is -4.16. The van der Waals surface area contributed by atoms with E-state index in [1.165, 1.54) is 30.1 Å². The number of halogens is 1. The van der Waals surface area contributed by atoms with Gasteiger partial charge in [0.15, 0.2) is 0 Å². The summed E-state index contributed by atoms with van der Waals surface area (Å²) in [5.41, 5.74) is 2.93. The Morgan fingerprint density at radius 3 is 2.10 bits per heavy atom. The molecule has 0 saturated carbocycles. The van der Waals surface area contributed by atoms with Crippen LogP contribution in [0.5, 0.6) is 0 Å². The lowest BCUT2D eigenvalue weighted by Crippen LogP contribution is -2.53. The lowest BCUT2D eigenvalue weighted by atomic mass is 10.0. The van der Waals surface area contributed by atoms with Crippen LogP contribution in [0.2, 0.25) is 5.02 Å². The summed E-state index contributed by atoms with van der Waals surface area (Å²) in [5, 5.41) is 3.01. The first-order valence-corrected chi connectivity index (χ1v) is 14.9. The lowest BCUT2D eigenvalue weighted by molar-refractivity contribution is -0.139. The Bertz CT molecular complexity index is 1600. The molecule has 212 valence electrons. The van der Waals surface area contributed by atoms with E-state index in [1.807, 2.05) is 61.5 Å². The zero-order chi connectivity index (χ0) is 29.4. The summed E-state index contributed by atoms with van der Waals surface area (Å²) in [5.74, 6) is -0.884. The molecule has 7 nitrogen and oxygen atoms in total. The number of benzene rings is 4. The van der Waals surface area contributed by atoms with Crippen LogP contribution in [0, 0.1) is 6.92 Å². The Hall–Kier alpha value is -4.14. The highest BCUT2D eigenvalue weighted by Gasteiger charge is 2.34. The average Bonchev–Trinajstić information content (AvgIpc) is 2.98. The maximum atomic E-state index is 14.2. The van der Waals surface area contributed by atoms with Gasteiger partial charge in [-0.15, -0.1) is 0 Å². The molecule has 1 atom stereocenters. The molecule has 0 saturated heterocycles. The summed E-state index contributed by atoms with van der Waals surface area (Å²) in [4.78, 5) is 29.0. The van der Waals surface area contributed by atoms with E-state index in [9.17, 15) is 18.0 Å². The van der Waals surface area contributed by atoms with Crippen molar-refractivity contribution in [2.45, 2.75) is 30.8 Å². The van der Waals surface area contributed by atoms with Gasteiger partial charge in [0, 0.05) is 25.0 Å². The van der Waals surface area contributed by atoms with E-state index in [-0.39, 0.29) is 29.5 Å². The number of hydrogen-bond donors (Lipinski definition) is 1. The van der Waals surface area contributed by atoms with Crippen molar-refractivity contribution in [3.05, 3.63) is 131 Å². The summed E-state index contributed by atoms with van der Waals surface area (Å²) >= 11 is 6.24. The molecule has 0 aromatic heterocycles. The predicted octanol–water partition coefficient (Wildman–Crippen LogP) is 5.23. The van der Waals surface area contributed by atoms with E-state index in [0.29, 0.717) is 5.02 Å². The number of rotatable bonds is 11. The van der Waals surface area contributed by atoms with Crippen LogP contribution in [0.25, 0.3) is 0 Å². The molecule has 0 radical (unpaired) electrons. The van der Waals surface area contributed by atoms with Crippen LogP contribution >= 0.6 is 11.6 Å². The van der Waals surface area contributed by atoms with Crippen LogP contribution in [0.1, 0.15) is 16.7 Å². The summed E-state index contributed by atoms with van der Waals surface area (Å²) < 4.78 is 28.8. The van der Waals surface area contributed by atoms with Crippen molar-refractivity contribution in [1.82, 2.24) is 10.2 Å². The minimum Gasteiger partial charge on any atom is -0.357 e. The first-order valence-electron chi connectivity index (χ1n) is 13.1. The van der Waals surface area contributed by atoms with Crippen LogP contribution in [0.4, 0.5) is 5.69 Å². The summed E-state index contributed by atoms with van der Waals surface area (Å²) in [6, 6.07) is 30.4. The molecule has 0 aliphatic heterocycles. The number of nitrogens with one attached hydrogen (secondary N) is 1. The highest BCUT2D eigenvalue weighted by atomic mass is 35.5. The quantitative estimate of drug-likeness (QED) is 0.260. The van der Waals surface area contributed by atoms with Crippen molar-refractivity contribution >= 4 is 39.1 Å². The van der Waals surface area contributed by atoms with Gasteiger partial charge in [-0.05, 0) is 48.4 Å². The number of likely N-dealkylation sites (N-methyl/N-ethyl adjacent to an activating group) is 1. The molecule has 1 unspecified atom stereocenters. The third kappa shape index (κ3) is 7.54. The monoisotopic (exact) mass is 589 g/mol. The molecule has 4 aromatic rings. The molecular weight excluding hydrogens is 558 g/mol. The predicted molar refractivity (Wildman–Crippen MR) is 162 cm³/mol. The second kappa shape index (κ2) is 13.5. The van der Waals surface area contributed by atoms with Crippen LogP contribution in [0.3, 0.4) is 0 Å². The molecule has 0 heterocycles. The number of carbonyl (C=O) groups excluding carboxylic acids is 2. The molecule has 1 N–H and O–H groups in total. The third-order valence-corrected chi connectivity index (χ3v) is 8.68. The van der Waals surface area contributed by atoms with E-state index in [0.717, 1.165) is 21.0 Å². The Labute approximate surface area is 246 Å². The van der Waals surface area contributed by atoms with Gasteiger partial charge in [0.2, 0.25) is 11.8 Å². The first kappa shape index (κ1) is 29.8. The minimum absolute atomic E-state index is 0.0325. The number of carbonyl (C=O) groups is 2. The fourth-order valence-electron chi connectivity index (χ4n) is 4.61. The molecule has 0 aliphatic carbocycles. The van der Waals surface area contributed by atoms with Gasteiger partial charge in [-0.2, -0.15) is 0 Å². The number of sulfonamides is 1. The molecule has 0 fully saturated rings. The lowest BCUT2D eigenvalue weighted by Gasteiger charge is -2.33. The second-order valence-electron chi connectivity index (χ2n) is 9.64. The number of hydrogen-bond acceptors (Lipinski definition) is 4. The van der Waals surface area contributed by atoms with Crippen LogP contribution in [-0.4, -0.2) is 44.8 Å². The average molecular weight is 590 g/mol. The van der Waals surface area contributed by atoms with E-state index < -0.39 is 28.5 Å². The number of amides is 2. The Kier molecular flexibility index (Phi) is 9.81. The topological polar surface area (TPSA) is 86.8 Å². The van der Waals surface area contributed by atoms with Crippen molar-refractivity contribution in [3.63, 3.8) is 0 Å². The van der Waals surface area contributed by atoms with Crippen LogP contribution in [-0.2, 0) is 32.6 Å². The molecule has 0 bridgehead atoms. The maximum absolute atomic E-state index is 14.2. The number of anilines is 1. The van der Waals surface area contributed by atoms with E-state index in [1.54, 1.807) is 36.4 Å². The molecule has 9 heteroatoms. The summed E-state index contributed by atoms with van der Waals surface area (Å²) in [6.45, 7) is 1.52. The Morgan fingerprint density at radius 1 is 0.829 bits per heavy atom. The largest absolute Gasteiger partial charge is 0.357 e. The van der Waals surface area contributed by atoms with Gasteiger partial charge in [-0.3, -0.25) is 13.9 Å². The van der Waals surface area contributed by atoms with Gasteiger partial charge < -0.3 is 10.2 Å². The van der Waals surface area contributed by atoms with Gasteiger partial charge >= 0.3 is 0 Å². The summed E-state index contributed by atoms with van der Waals surface area (Å²) in [7, 11) is -2.64. The molecule has 4 aromatic carbocycles. The molecule has 0 aliphatic rings. The zero-order valence-electron chi connectivity index (χ0n) is 22.9. The van der Waals surface area contributed by atoms with Gasteiger partial charge in [0.1, 0.15) is 12.6 Å². The Balaban J connectivity index is 1.78. The third-order valence-electron chi connectivity index (χ3n) is 6.66. The summed E-state index contributed by atoms with van der Waals surface area (Å²) in [6.07, 6.45) is 0.251. The fraction of sp³-hybridized carbons (Fsp3) is 0.188. The Morgan fingerprint density at radius 2 is 1.46 bits per heavy atom. The van der Waals surface area contributed by atoms with Gasteiger partial charge in [-0.25, -0.2) is 8.42 Å². The van der Waals surface area contributed by atoms with Crippen molar-refractivity contribution in [2.75, 3.05) is 17.9 Å². The van der Waals surface area contributed by atoms with Crippen molar-refractivity contribution in [3.8, 4) is 0 Å². The molecule has 41 heavy (non-hydrogen) atoms. The highest BCUT2D eigenvalue weighted by Crippen LogP contribution is 2.27.